The highest BCUT2D eigenvalue weighted by Crippen LogP contribution is 2.26. The first-order valence-corrected chi connectivity index (χ1v) is 9.35. The second-order valence-corrected chi connectivity index (χ2v) is 7.34. The molecule has 3 aromatic rings. The fourth-order valence-electron chi connectivity index (χ4n) is 4.01. The van der Waals surface area contributed by atoms with Gasteiger partial charge in [-0.1, -0.05) is 42.5 Å². The lowest BCUT2D eigenvalue weighted by atomic mass is 9.88. The average Bonchev–Trinajstić information content (AvgIpc) is 2.99. The Hall–Kier alpha value is -2.46. The van der Waals surface area contributed by atoms with Crippen molar-refractivity contribution in [1.29, 1.82) is 0 Å². The maximum absolute atomic E-state index is 13.2. The van der Waals surface area contributed by atoms with Crippen LogP contribution in [-0.4, -0.2) is 33.6 Å². The molecule has 0 radical (unpaired) electrons. The summed E-state index contributed by atoms with van der Waals surface area (Å²) in [5.41, 5.74) is 3.32. The molecule has 1 atom stereocenters. The number of Topliss-reactive ketones (excluding diaryl/α,β-unsaturated/α-hetero) is 1. The molecule has 0 spiro atoms. The number of carbonyl (C=O) groups is 1. The fraction of sp³-hybridized carbons (Fsp3) is 0.364. The van der Waals surface area contributed by atoms with E-state index in [1.54, 1.807) is 0 Å². The van der Waals surface area contributed by atoms with Crippen molar-refractivity contribution in [3.8, 4) is 0 Å². The van der Waals surface area contributed by atoms with Crippen LogP contribution in [0, 0.1) is 12.8 Å². The van der Waals surface area contributed by atoms with Crippen molar-refractivity contribution < 1.29 is 4.79 Å². The smallest absolute Gasteiger partial charge is 0.167 e. The predicted molar refractivity (Wildman–Crippen MR) is 104 cm³/mol. The van der Waals surface area contributed by atoms with Crippen LogP contribution in [0.2, 0.25) is 0 Å². The van der Waals surface area contributed by atoms with Crippen molar-refractivity contribution in [3.05, 3.63) is 65.5 Å². The average molecular weight is 347 g/mol. The van der Waals surface area contributed by atoms with Gasteiger partial charge in [-0.2, -0.15) is 5.10 Å². The van der Waals surface area contributed by atoms with Crippen LogP contribution in [-0.2, 0) is 13.6 Å². The predicted octanol–water partition coefficient (Wildman–Crippen LogP) is 3.98. The van der Waals surface area contributed by atoms with E-state index in [1.807, 2.05) is 42.2 Å². The quantitative estimate of drug-likeness (QED) is 0.670. The van der Waals surface area contributed by atoms with Crippen LogP contribution in [0.5, 0.6) is 0 Å². The summed E-state index contributed by atoms with van der Waals surface area (Å²) in [4.78, 5) is 15.6. The van der Waals surface area contributed by atoms with Crippen LogP contribution in [0.15, 0.2) is 48.7 Å². The highest BCUT2D eigenvalue weighted by molar-refractivity contribution is 6.09. The first-order chi connectivity index (χ1) is 12.6. The molecule has 0 saturated carbocycles. The lowest BCUT2D eigenvalue weighted by Gasteiger charge is -2.32. The number of nitrogens with zero attached hydrogens (tertiary/aromatic N) is 3. The normalized spacial score (nSPS) is 18.3. The first kappa shape index (κ1) is 17.0. The molecule has 4 nitrogen and oxygen atoms in total. The molecule has 0 unspecified atom stereocenters. The van der Waals surface area contributed by atoms with E-state index >= 15 is 0 Å². The van der Waals surface area contributed by atoms with Gasteiger partial charge in [-0.15, -0.1) is 0 Å². The molecule has 4 heteroatoms. The molecule has 0 amide bonds. The van der Waals surface area contributed by atoms with Gasteiger partial charge in [-0.05, 0) is 37.1 Å². The van der Waals surface area contributed by atoms with Gasteiger partial charge < -0.3 is 0 Å². The van der Waals surface area contributed by atoms with Crippen molar-refractivity contribution >= 4 is 16.6 Å². The van der Waals surface area contributed by atoms with E-state index in [0.717, 1.165) is 48.8 Å². The largest absolute Gasteiger partial charge is 0.298 e. The summed E-state index contributed by atoms with van der Waals surface area (Å²) >= 11 is 0. The SMILES string of the molecule is Cc1c(CN2CCC[C@H](C(=O)c3cccc4ccccc34)C2)cnn1C. The Morgan fingerprint density at radius 3 is 2.81 bits per heavy atom. The molecule has 26 heavy (non-hydrogen) atoms. The monoisotopic (exact) mass is 347 g/mol. The number of hydrogen-bond donors (Lipinski definition) is 0. The van der Waals surface area contributed by atoms with E-state index in [4.69, 9.17) is 0 Å². The molecule has 134 valence electrons. The number of aryl methyl sites for hydroxylation is 1. The second-order valence-electron chi connectivity index (χ2n) is 7.34. The Morgan fingerprint density at radius 2 is 2.00 bits per heavy atom. The Bertz CT molecular complexity index is 938. The molecular formula is C22H25N3O. The van der Waals surface area contributed by atoms with Gasteiger partial charge in [0.1, 0.15) is 0 Å². The third kappa shape index (κ3) is 3.17. The summed E-state index contributed by atoms with van der Waals surface area (Å²) in [6.45, 7) is 4.86. The maximum Gasteiger partial charge on any atom is 0.167 e. The van der Waals surface area contributed by atoms with Crippen molar-refractivity contribution in [2.24, 2.45) is 13.0 Å². The van der Waals surface area contributed by atoms with Crippen LogP contribution >= 0.6 is 0 Å². The number of hydrogen-bond acceptors (Lipinski definition) is 3. The molecule has 1 aliphatic rings. The van der Waals surface area contributed by atoms with Gasteiger partial charge >= 0.3 is 0 Å². The lowest BCUT2D eigenvalue weighted by molar-refractivity contribution is 0.0813. The van der Waals surface area contributed by atoms with E-state index in [9.17, 15) is 4.79 Å². The number of rotatable bonds is 4. The van der Waals surface area contributed by atoms with E-state index in [2.05, 4.69) is 35.1 Å². The number of aromatic nitrogens is 2. The van der Waals surface area contributed by atoms with Crippen LogP contribution in [0.25, 0.3) is 10.8 Å². The first-order valence-electron chi connectivity index (χ1n) is 9.35. The lowest BCUT2D eigenvalue weighted by Crippen LogP contribution is -2.38. The van der Waals surface area contributed by atoms with Crippen LogP contribution in [0.1, 0.15) is 34.5 Å². The standard InChI is InChI=1S/C22H25N3O/c1-16-19(13-23-24(16)2)15-25-12-6-9-18(14-25)22(26)21-11-5-8-17-7-3-4-10-20(17)21/h3-5,7-8,10-11,13,18H,6,9,12,14-15H2,1-2H3/t18-/m0/s1. The Morgan fingerprint density at radius 1 is 1.19 bits per heavy atom. The molecule has 1 aliphatic heterocycles. The highest BCUT2D eigenvalue weighted by atomic mass is 16.1. The molecule has 0 N–H and O–H groups in total. The molecule has 1 aromatic heterocycles. The van der Waals surface area contributed by atoms with Gasteiger partial charge in [-0.3, -0.25) is 14.4 Å². The van der Waals surface area contributed by atoms with Gasteiger partial charge in [0.25, 0.3) is 0 Å². The van der Waals surface area contributed by atoms with E-state index in [0.29, 0.717) is 0 Å². The molecule has 1 fully saturated rings. The maximum atomic E-state index is 13.2. The van der Waals surface area contributed by atoms with Crippen molar-refractivity contribution in [3.63, 3.8) is 0 Å². The van der Waals surface area contributed by atoms with Crippen molar-refractivity contribution in [2.45, 2.75) is 26.3 Å². The number of carbonyl (C=O) groups excluding carboxylic acids is 1. The minimum absolute atomic E-state index is 0.0755. The van der Waals surface area contributed by atoms with Gasteiger partial charge in [0.15, 0.2) is 5.78 Å². The third-order valence-electron chi connectivity index (χ3n) is 5.66. The third-order valence-corrected chi connectivity index (χ3v) is 5.66. The number of ketones is 1. The van der Waals surface area contributed by atoms with Gasteiger partial charge in [0.05, 0.1) is 6.20 Å². The minimum atomic E-state index is 0.0755. The van der Waals surface area contributed by atoms with E-state index in [-0.39, 0.29) is 11.7 Å². The van der Waals surface area contributed by atoms with Gasteiger partial charge in [0.2, 0.25) is 0 Å². The molecule has 2 heterocycles. The minimum Gasteiger partial charge on any atom is -0.298 e. The van der Waals surface area contributed by atoms with Crippen molar-refractivity contribution in [2.75, 3.05) is 13.1 Å². The Labute approximate surface area is 154 Å². The highest BCUT2D eigenvalue weighted by Gasteiger charge is 2.27. The van der Waals surface area contributed by atoms with Crippen LogP contribution in [0.4, 0.5) is 0 Å². The van der Waals surface area contributed by atoms with Crippen LogP contribution < -0.4 is 0 Å². The van der Waals surface area contributed by atoms with E-state index in [1.165, 1.54) is 11.3 Å². The zero-order valence-electron chi connectivity index (χ0n) is 15.5. The molecule has 2 aromatic carbocycles. The zero-order chi connectivity index (χ0) is 18.1. The topological polar surface area (TPSA) is 38.1 Å². The summed E-state index contributed by atoms with van der Waals surface area (Å²) in [5.74, 6) is 0.362. The number of piperidine rings is 1. The molecule has 4 rings (SSSR count). The van der Waals surface area contributed by atoms with Gasteiger partial charge in [0, 0.05) is 42.9 Å². The summed E-state index contributed by atoms with van der Waals surface area (Å²) < 4.78 is 1.91. The summed E-state index contributed by atoms with van der Waals surface area (Å²) in [6.07, 6.45) is 4.00. The summed E-state index contributed by atoms with van der Waals surface area (Å²) in [6, 6.07) is 14.2. The summed E-state index contributed by atoms with van der Waals surface area (Å²) in [7, 11) is 1.97. The number of likely N-dealkylation sites (tertiary alicyclic amines) is 1. The fourth-order valence-corrected chi connectivity index (χ4v) is 4.01. The molecular weight excluding hydrogens is 322 g/mol. The number of benzene rings is 2. The van der Waals surface area contributed by atoms with Crippen LogP contribution in [0.3, 0.4) is 0 Å². The molecule has 0 bridgehead atoms. The van der Waals surface area contributed by atoms with Gasteiger partial charge in [-0.25, -0.2) is 0 Å². The van der Waals surface area contributed by atoms with Crippen molar-refractivity contribution in [1.82, 2.24) is 14.7 Å². The molecule has 1 saturated heterocycles. The molecule has 0 aliphatic carbocycles. The van der Waals surface area contributed by atoms with E-state index < -0.39 is 0 Å². The second kappa shape index (κ2) is 7.04. The zero-order valence-corrected chi connectivity index (χ0v) is 15.5. The Balaban J connectivity index is 1.53. The summed E-state index contributed by atoms with van der Waals surface area (Å²) in [5, 5.41) is 6.55. The Kier molecular flexibility index (Phi) is 4.60. The number of fused-ring (bicyclic) bond motifs is 1.